The zero-order chi connectivity index (χ0) is 22.7. The number of anilines is 2. The van der Waals surface area contributed by atoms with Crippen molar-refractivity contribution in [1.29, 1.82) is 0 Å². The molecule has 0 unspecified atom stereocenters. The molecule has 0 aliphatic heterocycles. The molecule has 2 aromatic heterocycles. The molecule has 10 heteroatoms. The molecule has 0 aliphatic carbocycles. The monoisotopic (exact) mass is 448 g/mol. The molecule has 0 aliphatic rings. The lowest BCUT2D eigenvalue weighted by molar-refractivity contribution is -0.114. The molecule has 0 bridgehead atoms. The molecule has 0 saturated heterocycles. The highest BCUT2D eigenvalue weighted by Crippen LogP contribution is 2.27. The molecule has 2 heterocycles. The summed E-state index contributed by atoms with van der Waals surface area (Å²) < 4.78 is 1.23. The maximum absolute atomic E-state index is 12.5. The Labute approximate surface area is 187 Å². The smallest absolute Gasteiger partial charge is 0.326 e. The highest BCUT2D eigenvalue weighted by molar-refractivity contribution is 7.99. The Morgan fingerprint density at radius 3 is 2.50 bits per heavy atom. The third-order valence-electron chi connectivity index (χ3n) is 4.52. The Kier molecular flexibility index (Phi) is 6.04. The highest BCUT2D eigenvalue weighted by atomic mass is 32.2. The van der Waals surface area contributed by atoms with Crippen molar-refractivity contribution >= 4 is 40.6 Å². The van der Waals surface area contributed by atoms with Crippen LogP contribution in [-0.4, -0.2) is 37.1 Å². The van der Waals surface area contributed by atoms with E-state index in [1.807, 2.05) is 37.3 Å². The second kappa shape index (κ2) is 9.06. The van der Waals surface area contributed by atoms with E-state index in [9.17, 15) is 14.4 Å². The lowest BCUT2D eigenvalue weighted by atomic mass is 10.1. The summed E-state index contributed by atoms with van der Waals surface area (Å²) in [5.74, 6) is -0.429. The van der Waals surface area contributed by atoms with Gasteiger partial charge in [-0.2, -0.15) is 9.61 Å². The number of nitrogens with zero attached hydrogens (tertiary/aromatic N) is 3. The van der Waals surface area contributed by atoms with Gasteiger partial charge in [0.2, 0.25) is 11.8 Å². The molecule has 9 nitrogen and oxygen atoms in total. The molecule has 0 spiro atoms. The van der Waals surface area contributed by atoms with Crippen LogP contribution in [0.15, 0.2) is 64.5 Å². The van der Waals surface area contributed by atoms with Crippen molar-refractivity contribution in [2.45, 2.75) is 19.0 Å². The van der Waals surface area contributed by atoms with E-state index in [0.717, 1.165) is 22.9 Å². The van der Waals surface area contributed by atoms with E-state index in [0.29, 0.717) is 27.9 Å². The minimum absolute atomic E-state index is 0.0390. The summed E-state index contributed by atoms with van der Waals surface area (Å²) in [5, 5.41) is 10.1. The summed E-state index contributed by atoms with van der Waals surface area (Å²) >= 11 is 1.12. The molecule has 3 N–H and O–H groups in total. The van der Waals surface area contributed by atoms with Crippen LogP contribution in [0.2, 0.25) is 0 Å². The fraction of sp³-hybridized carbons (Fsp3) is 0.136. The van der Waals surface area contributed by atoms with E-state index >= 15 is 0 Å². The van der Waals surface area contributed by atoms with Crippen molar-refractivity contribution in [2.75, 3.05) is 16.4 Å². The molecule has 0 atom stereocenters. The Morgan fingerprint density at radius 2 is 1.78 bits per heavy atom. The third-order valence-corrected chi connectivity index (χ3v) is 5.39. The van der Waals surface area contributed by atoms with Gasteiger partial charge < -0.3 is 10.6 Å². The minimum Gasteiger partial charge on any atom is -0.326 e. The maximum Gasteiger partial charge on any atom is 0.350 e. The number of hydrogen-bond acceptors (Lipinski definition) is 6. The first-order valence-electron chi connectivity index (χ1n) is 9.76. The summed E-state index contributed by atoms with van der Waals surface area (Å²) in [6, 6.07) is 16.4. The van der Waals surface area contributed by atoms with E-state index in [1.54, 1.807) is 24.3 Å². The Hall–Kier alpha value is -3.92. The van der Waals surface area contributed by atoms with Crippen molar-refractivity contribution in [3.63, 3.8) is 0 Å². The molecule has 32 heavy (non-hydrogen) atoms. The van der Waals surface area contributed by atoms with E-state index in [4.69, 9.17) is 0 Å². The van der Waals surface area contributed by atoms with Gasteiger partial charge in [-0.1, -0.05) is 48.2 Å². The van der Waals surface area contributed by atoms with Gasteiger partial charge in [-0.05, 0) is 30.7 Å². The Balaban J connectivity index is 1.52. The number of hydrogen-bond donors (Lipinski definition) is 3. The lowest BCUT2D eigenvalue weighted by Crippen LogP contribution is -2.20. The van der Waals surface area contributed by atoms with E-state index in [2.05, 4.69) is 25.7 Å². The summed E-state index contributed by atoms with van der Waals surface area (Å²) in [4.78, 5) is 43.3. The first-order chi connectivity index (χ1) is 15.4. The number of amides is 2. The van der Waals surface area contributed by atoms with Crippen LogP contribution >= 0.6 is 11.8 Å². The van der Waals surface area contributed by atoms with Crippen molar-refractivity contribution in [3.8, 4) is 11.1 Å². The van der Waals surface area contributed by atoms with Gasteiger partial charge in [-0.3, -0.25) is 14.6 Å². The average molecular weight is 449 g/mol. The molecule has 0 saturated carbocycles. The molecular weight excluding hydrogens is 428 g/mol. The van der Waals surface area contributed by atoms with Gasteiger partial charge in [-0.25, -0.2) is 9.78 Å². The summed E-state index contributed by atoms with van der Waals surface area (Å²) in [6.45, 7) is 3.24. The second-order valence-electron chi connectivity index (χ2n) is 7.01. The SMILES string of the molecule is CC(=O)Nc1cccc(NC(=O)CSc2nc3c(-c4ccccc4)c(C)nn3c(=O)[nH]2)c1. The quantitative estimate of drug-likeness (QED) is 0.390. The number of thioether (sulfide) groups is 1. The predicted molar refractivity (Wildman–Crippen MR) is 124 cm³/mol. The van der Waals surface area contributed by atoms with Crippen molar-refractivity contribution in [3.05, 3.63) is 70.8 Å². The van der Waals surface area contributed by atoms with Crippen LogP contribution in [0.25, 0.3) is 16.8 Å². The number of carbonyl (C=O) groups is 2. The van der Waals surface area contributed by atoms with Gasteiger partial charge in [-0.15, -0.1) is 0 Å². The second-order valence-corrected chi connectivity index (χ2v) is 7.97. The number of benzene rings is 2. The average Bonchev–Trinajstić information content (AvgIpc) is 3.09. The van der Waals surface area contributed by atoms with Gasteiger partial charge in [0.05, 0.1) is 11.4 Å². The van der Waals surface area contributed by atoms with Crippen LogP contribution in [0.4, 0.5) is 11.4 Å². The fourth-order valence-corrected chi connectivity index (χ4v) is 3.90. The largest absolute Gasteiger partial charge is 0.350 e. The van der Waals surface area contributed by atoms with Gasteiger partial charge >= 0.3 is 5.69 Å². The van der Waals surface area contributed by atoms with Crippen molar-refractivity contribution in [1.82, 2.24) is 19.6 Å². The zero-order valence-corrected chi connectivity index (χ0v) is 18.2. The number of nitrogens with one attached hydrogen (secondary N) is 3. The molecular formula is C22H20N6O3S. The molecule has 4 rings (SSSR count). The first-order valence-corrected chi connectivity index (χ1v) is 10.7. The number of aromatic amines is 1. The van der Waals surface area contributed by atoms with Gasteiger partial charge in [0.25, 0.3) is 0 Å². The van der Waals surface area contributed by atoms with Crippen LogP contribution < -0.4 is 16.3 Å². The molecule has 162 valence electrons. The number of fused-ring (bicyclic) bond motifs is 1. The number of aryl methyl sites for hydroxylation is 1. The normalized spacial score (nSPS) is 10.8. The molecule has 0 fully saturated rings. The molecule has 0 radical (unpaired) electrons. The van der Waals surface area contributed by atoms with Crippen LogP contribution in [0.3, 0.4) is 0 Å². The Morgan fingerprint density at radius 1 is 1.06 bits per heavy atom. The third kappa shape index (κ3) is 4.70. The molecule has 2 amide bonds. The van der Waals surface area contributed by atoms with E-state index < -0.39 is 5.69 Å². The van der Waals surface area contributed by atoms with Crippen LogP contribution in [0.5, 0.6) is 0 Å². The molecule has 4 aromatic rings. The standard InChI is InChI=1S/C22H20N6O3S/c1-13-19(15-7-4-3-5-8-15)20-25-21(26-22(31)28(20)27-13)32-12-18(30)24-17-10-6-9-16(11-17)23-14(2)29/h3-11H,12H2,1-2H3,(H,23,29)(H,24,30)(H,25,26,31). The minimum atomic E-state index is -0.425. The number of rotatable bonds is 6. The van der Waals surface area contributed by atoms with E-state index in [-0.39, 0.29) is 17.6 Å². The highest BCUT2D eigenvalue weighted by Gasteiger charge is 2.16. The topological polar surface area (TPSA) is 121 Å². The van der Waals surface area contributed by atoms with Crippen LogP contribution in [0.1, 0.15) is 12.6 Å². The number of carbonyl (C=O) groups excluding carboxylic acids is 2. The maximum atomic E-state index is 12.5. The molecule has 2 aromatic carbocycles. The van der Waals surface area contributed by atoms with E-state index in [1.165, 1.54) is 11.4 Å². The fourth-order valence-electron chi connectivity index (χ4n) is 3.25. The number of H-pyrrole nitrogens is 1. The van der Waals surface area contributed by atoms with Crippen molar-refractivity contribution in [2.24, 2.45) is 0 Å². The summed E-state index contributed by atoms with van der Waals surface area (Å²) in [6.07, 6.45) is 0. The lowest BCUT2D eigenvalue weighted by Gasteiger charge is -2.08. The van der Waals surface area contributed by atoms with Crippen molar-refractivity contribution < 1.29 is 9.59 Å². The van der Waals surface area contributed by atoms with Gasteiger partial charge in [0.15, 0.2) is 10.8 Å². The van der Waals surface area contributed by atoms with Crippen LogP contribution in [-0.2, 0) is 9.59 Å². The summed E-state index contributed by atoms with van der Waals surface area (Å²) in [7, 11) is 0. The van der Waals surface area contributed by atoms with Gasteiger partial charge in [0, 0.05) is 23.9 Å². The predicted octanol–water partition coefficient (Wildman–Crippen LogP) is 3.08. The zero-order valence-electron chi connectivity index (χ0n) is 17.4. The first kappa shape index (κ1) is 21.3. The number of aromatic nitrogens is 4. The van der Waals surface area contributed by atoms with Crippen LogP contribution in [0, 0.1) is 6.92 Å². The Bertz CT molecular complexity index is 1360. The van der Waals surface area contributed by atoms with Gasteiger partial charge in [0.1, 0.15) is 0 Å². The summed E-state index contributed by atoms with van der Waals surface area (Å²) in [5.41, 5.74) is 3.52.